The number of rotatable bonds is 7. The molecule has 7 rings (SSSR count). The first-order valence-electron chi connectivity index (χ1n) is 14.9. The summed E-state index contributed by atoms with van der Waals surface area (Å²) in [4.78, 5) is 30.2. The fraction of sp³-hybridized carbons (Fsp3) is 0.265. The van der Waals surface area contributed by atoms with Crippen molar-refractivity contribution < 1.29 is 13.9 Å². The number of fused-ring (bicyclic) bond motifs is 2. The molecule has 0 bridgehead atoms. The first kappa shape index (κ1) is 27.7. The van der Waals surface area contributed by atoms with Gasteiger partial charge in [-0.15, -0.1) is 0 Å². The maximum Gasteiger partial charge on any atom is 0.224 e. The van der Waals surface area contributed by atoms with Crippen molar-refractivity contribution in [3.8, 4) is 39.8 Å². The van der Waals surface area contributed by atoms with Gasteiger partial charge in [-0.2, -0.15) is 5.10 Å². The lowest BCUT2D eigenvalue weighted by atomic mass is 9.87. The normalized spacial score (nSPS) is 13.9. The van der Waals surface area contributed by atoms with E-state index in [1.807, 2.05) is 31.2 Å². The molecule has 4 heterocycles. The number of carbonyl (C=O) groups excluding carboxylic acids is 1. The zero-order valence-electron chi connectivity index (χ0n) is 24.6. The molecule has 2 aromatic carbocycles. The molecule has 0 aliphatic heterocycles. The topological polar surface area (TPSA) is 121 Å². The zero-order chi connectivity index (χ0) is 30.2. The summed E-state index contributed by atoms with van der Waals surface area (Å²) in [6, 6.07) is 14.3. The molecule has 4 aromatic heterocycles. The number of pyridine rings is 2. The number of aromatic amines is 2. The van der Waals surface area contributed by atoms with Gasteiger partial charge in [0.1, 0.15) is 22.8 Å². The molecule has 0 spiro atoms. The maximum atomic E-state index is 14.3. The summed E-state index contributed by atoms with van der Waals surface area (Å²) in [7, 11) is 1.50. The minimum atomic E-state index is -0.421. The van der Waals surface area contributed by atoms with E-state index < -0.39 is 5.82 Å². The molecule has 10 heteroatoms. The van der Waals surface area contributed by atoms with Crippen LogP contribution in [-0.4, -0.2) is 43.2 Å². The van der Waals surface area contributed by atoms with E-state index in [9.17, 15) is 9.18 Å². The number of carbonyl (C=O) groups is 1. The van der Waals surface area contributed by atoms with Crippen LogP contribution in [0.3, 0.4) is 0 Å². The fourth-order valence-electron chi connectivity index (χ4n) is 6.20. The van der Waals surface area contributed by atoms with Gasteiger partial charge in [-0.1, -0.05) is 19.3 Å². The summed E-state index contributed by atoms with van der Waals surface area (Å²) in [5.41, 5.74) is 7.23. The molecule has 222 valence electrons. The van der Waals surface area contributed by atoms with Gasteiger partial charge in [-0.3, -0.25) is 19.9 Å². The molecule has 9 nitrogen and oxygen atoms in total. The van der Waals surface area contributed by atoms with E-state index in [1.165, 1.54) is 38.5 Å². The standard InChI is InChI=1S/C34H32FN7O2/c1-19-10-21(14-24(11-19)38-30(43)12-20-6-4-3-5-7-20)28-17-26-29(18-37-28)41-42-32(26)34-39-27-8-9-36-31(33(27)40-34)22-13-23(35)16-25(15-22)44-2/h8-11,13-18,20H,3-7,12H2,1-2H3,(H,38,43)(H,39,40)(H,41,42). The van der Waals surface area contributed by atoms with Gasteiger partial charge in [0, 0.05) is 40.9 Å². The summed E-state index contributed by atoms with van der Waals surface area (Å²) >= 11 is 0. The molecule has 1 aliphatic rings. The SMILES string of the molecule is COc1cc(F)cc(-c2nccc3[nH]c(-c4n[nH]c5cnc(-c6cc(C)cc(NC(=O)CC7CCCCC7)c6)cc45)nc23)c1. The van der Waals surface area contributed by atoms with Crippen LogP contribution in [0.25, 0.3) is 56.0 Å². The Morgan fingerprint density at radius 3 is 2.70 bits per heavy atom. The number of methoxy groups -OCH3 is 1. The van der Waals surface area contributed by atoms with Crippen molar-refractivity contribution in [1.82, 2.24) is 30.1 Å². The number of hydrogen-bond donors (Lipinski definition) is 3. The van der Waals surface area contributed by atoms with Crippen LogP contribution in [0, 0.1) is 18.7 Å². The molecule has 1 aliphatic carbocycles. The number of ether oxygens (including phenoxy) is 1. The van der Waals surface area contributed by atoms with Crippen LogP contribution < -0.4 is 10.1 Å². The number of anilines is 1. The Bertz CT molecular complexity index is 2010. The highest BCUT2D eigenvalue weighted by Crippen LogP contribution is 2.34. The largest absolute Gasteiger partial charge is 0.497 e. The van der Waals surface area contributed by atoms with Crippen molar-refractivity contribution in [2.24, 2.45) is 5.92 Å². The Hall–Kier alpha value is -5.12. The van der Waals surface area contributed by atoms with Gasteiger partial charge in [-0.25, -0.2) is 9.37 Å². The number of nitrogens with one attached hydrogen (secondary N) is 3. The molecule has 1 amide bonds. The van der Waals surface area contributed by atoms with Crippen molar-refractivity contribution in [1.29, 1.82) is 0 Å². The minimum absolute atomic E-state index is 0.0596. The van der Waals surface area contributed by atoms with E-state index in [2.05, 4.69) is 36.5 Å². The van der Waals surface area contributed by atoms with Crippen LogP contribution in [0.5, 0.6) is 5.75 Å². The average Bonchev–Trinajstić information content (AvgIpc) is 3.64. The van der Waals surface area contributed by atoms with Crippen molar-refractivity contribution in [2.75, 3.05) is 12.4 Å². The zero-order valence-corrected chi connectivity index (χ0v) is 24.6. The Balaban J connectivity index is 1.21. The molecule has 1 fully saturated rings. The molecule has 3 N–H and O–H groups in total. The van der Waals surface area contributed by atoms with Crippen LogP contribution in [0.1, 0.15) is 44.1 Å². The van der Waals surface area contributed by atoms with Gasteiger partial charge >= 0.3 is 0 Å². The Labute approximate surface area is 253 Å². The van der Waals surface area contributed by atoms with Crippen LogP contribution >= 0.6 is 0 Å². The third kappa shape index (κ3) is 5.50. The molecular formula is C34H32FN7O2. The van der Waals surface area contributed by atoms with Gasteiger partial charge < -0.3 is 15.0 Å². The van der Waals surface area contributed by atoms with Crippen molar-refractivity contribution in [3.05, 3.63) is 72.3 Å². The number of halogens is 1. The number of H-pyrrole nitrogens is 2. The summed E-state index contributed by atoms with van der Waals surface area (Å²) in [6.07, 6.45) is 9.93. The molecule has 0 atom stereocenters. The number of benzene rings is 2. The monoisotopic (exact) mass is 589 g/mol. The lowest BCUT2D eigenvalue weighted by Gasteiger charge is -2.21. The van der Waals surface area contributed by atoms with Crippen molar-refractivity contribution >= 4 is 33.5 Å². The van der Waals surface area contributed by atoms with Crippen LogP contribution in [0.15, 0.2) is 60.9 Å². The average molecular weight is 590 g/mol. The van der Waals surface area contributed by atoms with E-state index in [4.69, 9.17) is 9.72 Å². The number of aromatic nitrogens is 6. The predicted octanol–water partition coefficient (Wildman–Crippen LogP) is 7.60. The molecule has 0 unspecified atom stereocenters. The number of aryl methyl sites for hydroxylation is 1. The molecule has 0 saturated heterocycles. The van der Waals surface area contributed by atoms with Gasteiger partial charge in [0.05, 0.1) is 35.7 Å². The predicted molar refractivity (Wildman–Crippen MR) is 169 cm³/mol. The van der Waals surface area contributed by atoms with Crippen molar-refractivity contribution in [3.63, 3.8) is 0 Å². The first-order valence-corrected chi connectivity index (χ1v) is 14.9. The molecule has 44 heavy (non-hydrogen) atoms. The summed E-state index contributed by atoms with van der Waals surface area (Å²) < 4.78 is 19.6. The molecule has 0 radical (unpaired) electrons. The van der Waals surface area contributed by atoms with E-state index in [0.717, 1.165) is 51.8 Å². The first-order chi connectivity index (χ1) is 21.4. The van der Waals surface area contributed by atoms with E-state index in [1.54, 1.807) is 18.5 Å². The second kappa shape index (κ2) is 11.5. The summed E-state index contributed by atoms with van der Waals surface area (Å²) in [5.74, 6) is 1.05. The van der Waals surface area contributed by atoms with Crippen LogP contribution in [0.2, 0.25) is 0 Å². The van der Waals surface area contributed by atoms with E-state index in [0.29, 0.717) is 46.4 Å². The minimum Gasteiger partial charge on any atom is -0.497 e. The van der Waals surface area contributed by atoms with Crippen molar-refractivity contribution in [2.45, 2.75) is 45.4 Å². The van der Waals surface area contributed by atoms with E-state index in [-0.39, 0.29) is 5.91 Å². The third-order valence-corrected chi connectivity index (χ3v) is 8.31. The molecule has 1 saturated carbocycles. The lowest BCUT2D eigenvalue weighted by molar-refractivity contribution is -0.117. The molecule has 6 aromatic rings. The molecular weight excluding hydrogens is 557 g/mol. The number of amides is 1. The van der Waals surface area contributed by atoms with Gasteiger partial charge in [0.25, 0.3) is 0 Å². The smallest absolute Gasteiger partial charge is 0.224 e. The second-order valence-electron chi connectivity index (χ2n) is 11.6. The van der Waals surface area contributed by atoms with E-state index >= 15 is 0 Å². The maximum absolute atomic E-state index is 14.3. The number of nitrogens with zero attached hydrogens (tertiary/aromatic N) is 4. The Kier molecular flexibility index (Phi) is 7.25. The Morgan fingerprint density at radius 2 is 1.86 bits per heavy atom. The second-order valence-corrected chi connectivity index (χ2v) is 11.6. The highest BCUT2D eigenvalue weighted by molar-refractivity contribution is 5.97. The fourth-order valence-corrected chi connectivity index (χ4v) is 6.20. The number of hydrogen-bond acceptors (Lipinski definition) is 6. The Morgan fingerprint density at radius 1 is 1.00 bits per heavy atom. The van der Waals surface area contributed by atoms with Gasteiger partial charge in [0.2, 0.25) is 5.91 Å². The highest BCUT2D eigenvalue weighted by atomic mass is 19.1. The van der Waals surface area contributed by atoms with Crippen LogP contribution in [-0.2, 0) is 4.79 Å². The number of imidazole rings is 1. The third-order valence-electron chi connectivity index (χ3n) is 8.31. The van der Waals surface area contributed by atoms with Gasteiger partial charge in [-0.05, 0) is 73.7 Å². The highest BCUT2D eigenvalue weighted by Gasteiger charge is 2.19. The summed E-state index contributed by atoms with van der Waals surface area (Å²) in [5, 5.41) is 11.6. The van der Waals surface area contributed by atoms with Crippen LogP contribution in [0.4, 0.5) is 10.1 Å². The van der Waals surface area contributed by atoms with Gasteiger partial charge in [0.15, 0.2) is 5.82 Å². The quantitative estimate of drug-likeness (QED) is 0.176. The lowest BCUT2D eigenvalue weighted by Crippen LogP contribution is -2.18. The summed E-state index contributed by atoms with van der Waals surface area (Å²) in [6.45, 7) is 2.01.